The zero-order valence-electron chi connectivity index (χ0n) is 12.2. The number of aliphatic hydroxyl groups excluding tert-OH is 1. The minimum Gasteiger partial charge on any atom is -0.457 e. The Morgan fingerprint density at radius 3 is 2.15 bits per heavy atom. The average molecular weight is 274 g/mol. The Balaban J connectivity index is 2.44. The van der Waals surface area contributed by atoms with Crippen molar-refractivity contribution in [2.75, 3.05) is 0 Å². The normalized spacial score (nSPS) is 12.3. The van der Waals surface area contributed by atoms with Gasteiger partial charge >= 0.3 is 0 Å². The molecule has 0 spiro atoms. The van der Waals surface area contributed by atoms with E-state index in [0.29, 0.717) is 22.6 Å². The highest BCUT2D eigenvalue weighted by molar-refractivity contribution is 5.43. The molecule has 0 fully saturated rings. The standard InChI is InChI=1S/C17H19FO2/c1-10-5-11(2)7-14(6-10)20-17-8-12(3)16(18)9-15(17)13(4)19/h5-9,13,19H,1-4H3. The molecule has 0 aromatic heterocycles. The highest BCUT2D eigenvalue weighted by Gasteiger charge is 2.14. The Bertz CT molecular complexity index is 613. The number of aryl methyl sites for hydroxylation is 3. The molecular weight excluding hydrogens is 255 g/mol. The second kappa shape index (κ2) is 5.63. The number of hydrogen-bond acceptors (Lipinski definition) is 2. The molecule has 2 aromatic carbocycles. The number of benzene rings is 2. The largest absolute Gasteiger partial charge is 0.457 e. The van der Waals surface area contributed by atoms with Crippen LogP contribution in [0.25, 0.3) is 0 Å². The van der Waals surface area contributed by atoms with Crippen LogP contribution in [-0.2, 0) is 0 Å². The van der Waals surface area contributed by atoms with Crippen molar-refractivity contribution < 1.29 is 14.2 Å². The lowest BCUT2D eigenvalue weighted by molar-refractivity contribution is 0.195. The topological polar surface area (TPSA) is 29.5 Å². The van der Waals surface area contributed by atoms with Crippen LogP contribution in [0.2, 0.25) is 0 Å². The van der Waals surface area contributed by atoms with Gasteiger partial charge in [0.15, 0.2) is 0 Å². The molecule has 2 aromatic rings. The molecule has 2 rings (SSSR count). The summed E-state index contributed by atoms with van der Waals surface area (Å²) in [6.07, 6.45) is -0.786. The third-order valence-corrected chi connectivity index (χ3v) is 3.16. The molecule has 0 bridgehead atoms. The maximum Gasteiger partial charge on any atom is 0.133 e. The van der Waals surface area contributed by atoms with E-state index in [1.165, 1.54) is 6.07 Å². The molecule has 3 heteroatoms. The van der Waals surface area contributed by atoms with E-state index in [-0.39, 0.29) is 5.82 Å². The second-order valence-corrected chi connectivity index (χ2v) is 5.24. The SMILES string of the molecule is Cc1cc(C)cc(Oc2cc(C)c(F)cc2C(C)O)c1. The maximum atomic E-state index is 13.6. The van der Waals surface area contributed by atoms with E-state index in [1.54, 1.807) is 19.9 Å². The number of aliphatic hydroxyl groups is 1. The fraction of sp³-hybridized carbons (Fsp3) is 0.294. The van der Waals surface area contributed by atoms with Crippen molar-refractivity contribution in [2.24, 2.45) is 0 Å². The van der Waals surface area contributed by atoms with Crippen LogP contribution in [0.15, 0.2) is 30.3 Å². The summed E-state index contributed by atoms with van der Waals surface area (Å²) in [6, 6.07) is 8.83. The molecule has 106 valence electrons. The van der Waals surface area contributed by atoms with Gasteiger partial charge in [-0.05, 0) is 68.7 Å². The van der Waals surface area contributed by atoms with Crippen molar-refractivity contribution in [3.8, 4) is 11.5 Å². The monoisotopic (exact) mass is 274 g/mol. The Morgan fingerprint density at radius 1 is 1.00 bits per heavy atom. The van der Waals surface area contributed by atoms with Crippen LogP contribution in [0, 0.1) is 26.6 Å². The summed E-state index contributed by atoms with van der Waals surface area (Å²) in [4.78, 5) is 0. The highest BCUT2D eigenvalue weighted by Crippen LogP contribution is 2.32. The Hall–Kier alpha value is -1.87. The summed E-state index contributed by atoms with van der Waals surface area (Å²) >= 11 is 0. The lowest BCUT2D eigenvalue weighted by Gasteiger charge is -2.15. The smallest absolute Gasteiger partial charge is 0.133 e. The second-order valence-electron chi connectivity index (χ2n) is 5.24. The van der Waals surface area contributed by atoms with Crippen molar-refractivity contribution in [1.29, 1.82) is 0 Å². The van der Waals surface area contributed by atoms with Crippen molar-refractivity contribution in [1.82, 2.24) is 0 Å². The van der Waals surface area contributed by atoms with Gasteiger partial charge in [0.1, 0.15) is 17.3 Å². The number of halogens is 1. The molecule has 0 radical (unpaired) electrons. The van der Waals surface area contributed by atoms with Gasteiger partial charge in [-0.15, -0.1) is 0 Å². The zero-order chi connectivity index (χ0) is 14.9. The quantitative estimate of drug-likeness (QED) is 0.886. The first kappa shape index (κ1) is 14.5. The van der Waals surface area contributed by atoms with E-state index >= 15 is 0 Å². The van der Waals surface area contributed by atoms with E-state index in [2.05, 4.69) is 6.07 Å². The third-order valence-electron chi connectivity index (χ3n) is 3.16. The van der Waals surface area contributed by atoms with Crippen molar-refractivity contribution in [3.63, 3.8) is 0 Å². The van der Waals surface area contributed by atoms with Gasteiger partial charge in [-0.2, -0.15) is 0 Å². The molecule has 20 heavy (non-hydrogen) atoms. The molecule has 0 saturated carbocycles. The predicted octanol–water partition coefficient (Wildman–Crippen LogP) is 4.60. The predicted molar refractivity (Wildman–Crippen MR) is 77.8 cm³/mol. The van der Waals surface area contributed by atoms with Gasteiger partial charge < -0.3 is 9.84 Å². The van der Waals surface area contributed by atoms with Crippen LogP contribution in [0.4, 0.5) is 4.39 Å². The van der Waals surface area contributed by atoms with Gasteiger partial charge in [0.2, 0.25) is 0 Å². The number of rotatable bonds is 3. The van der Waals surface area contributed by atoms with E-state index in [9.17, 15) is 9.50 Å². The lowest BCUT2D eigenvalue weighted by atomic mass is 10.1. The molecule has 0 aliphatic carbocycles. The van der Waals surface area contributed by atoms with Crippen molar-refractivity contribution >= 4 is 0 Å². The Kier molecular flexibility index (Phi) is 4.09. The summed E-state index contributed by atoms with van der Waals surface area (Å²) in [6.45, 7) is 7.25. The van der Waals surface area contributed by atoms with Gasteiger partial charge in [-0.3, -0.25) is 0 Å². The van der Waals surface area contributed by atoms with Crippen LogP contribution < -0.4 is 4.74 Å². The van der Waals surface area contributed by atoms with E-state index < -0.39 is 6.10 Å². The van der Waals surface area contributed by atoms with E-state index in [4.69, 9.17) is 4.74 Å². The summed E-state index contributed by atoms with van der Waals surface area (Å²) in [5.74, 6) is 0.841. The first-order chi connectivity index (χ1) is 9.36. The molecule has 1 unspecified atom stereocenters. The lowest BCUT2D eigenvalue weighted by Crippen LogP contribution is -1.99. The molecule has 0 saturated heterocycles. The van der Waals surface area contributed by atoms with Gasteiger partial charge in [-0.25, -0.2) is 4.39 Å². The van der Waals surface area contributed by atoms with Crippen LogP contribution in [0.3, 0.4) is 0 Å². The van der Waals surface area contributed by atoms with Crippen LogP contribution in [0.1, 0.15) is 35.3 Å². The summed E-state index contributed by atoms with van der Waals surface area (Å²) in [7, 11) is 0. The van der Waals surface area contributed by atoms with E-state index in [0.717, 1.165) is 11.1 Å². The zero-order valence-corrected chi connectivity index (χ0v) is 12.2. The number of hydrogen-bond donors (Lipinski definition) is 1. The first-order valence-electron chi connectivity index (χ1n) is 6.61. The van der Waals surface area contributed by atoms with Crippen molar-refractivity contribution in [3.05, 3.63) is 58.4 Å². The molecule has 0 amide bonds. The van der Waals surface area contributed by atoms with Gasteiger partial charge in [-0.1, -0.05) is 6.07 Å². The molecular formula is C17H19FO2. The minimum absolute atomic E-state index is 0.339. The first-order valence-corrected chi connectivity index (χ1v) is 6.61. The van der Waals surface area contributed by atoms with Gasteiger partial charge in [0, 0.05) is 5.56 Å². The van der Waals surface area contributed by atoms with E-state index in [1.807, 2.05) is 26.0 Å². The third kappa shape index (κ3) is 3.17. The summed E-state index contributed by atoms with van der Waals surface area (Å²) in [5, 5.41) is 9.76. The Labute approximate surface area is 118 Å². The fourth-order valence-corrected chi connectivity index (χ4v) is 2.20. The van der Waals surface area contributed by atoms with Crippen LogP contribution in [-0.4, -0.2) is 5.11 Å². The minimum atomic E-state index is -0.786. The molecule has 0 aliphatic rings. The average Bonchev–Trinajstić information content (AvgIpc) is 2.31. The highest BCUT2D eigenvalue weighted by atomic mass is 19.1. The maximum absolute atomic E-state index is 13.6. The molecule has 1 atom stereocenters. The number of ether oxygens (including phenoxy) is 1. The van der Waals surface area contributed by atoms with Crippen LogP contribution in [0.5, 0.6) is 11.5 Å². The van der Waals surface area contributed by atoms with Gasteiger partial charge in [0.05, 0.1) is 6.10 Å². The Morgan fingerprint density at radius 2 is 1.60 bits per heavy atom. The molecule has 0 heterocycles. The molecule has 2 nitrogen and oxygen atoms in total. The molecule has 1 N–H and O–H groups in total. The van der Waals surface area contributed by atoms with Crippen molar-refractivity contribution in [2.45, 2.75) is 33.8 Å². The summed E-state index contributed by atoms with van der Waals surface area (Å²) < 4.78 is 19.5. The molecule has 0 aliphatic heterocycles. The summed E-state index contributed by atoms with van der Waals surface area (Å²) in [5.41, 5.74) is 3.14. The van der Waals surface area contributed by atoms with Crippen LogP contribution >= 0.6 is 0 Å². The fourth-order valence-electron chi connectivity index (χ4n) is 2.20. The van der Waals surface area contributed by atoms with Gasteiger partial charge in [0.25, 0.3) is 0 Å².